The molecular formula is C47H63F2N7O4. The zero-order chi connectivity index (χ0) is 42.7. The third-order valence-corrected chi connectivity index (χ3v) is 13.9. The fraction of sp³-hybridized carbons (Fsp3) is 0.596. The molecule has 6 atom stereocenters. The molecule has 0 radical (unpaired) electrons. The number of nitrogens with one attached hydrogen (secondary N) is 3. The highest BCUT2D eigenvalue weighted by molar-refractivity contribution is 5.93. The molecule has 4 heterocycles. The van der Waals surface area contributed by atoms with Crippen LogP contribution in [0.2, 0.25) is 0 Å². The van der Waals surface area contributed by atoms with Crippen molar-refractivity contribution in [3.05, 3.63) is 53.6 Å². The van der Waals surface area contributed by atoms with Crippen molar-refractivity contribution in [1.82, 2.24) is 35.0 Å². The first-order valence-corrected chi connectivity index (χ1v) is 22.5. The van der Waals surface area contributed by atoms with Gasteiger partial charge >= 0.3 is 0 Å². The number of rotatable bonds is 16. The summed E-state index contributed by atoms with van der Waals surface area (Å²) in [6, 6.07) is 7.91. The van der Waals surface area contributed by atoms with E-state index in [1.807, 2.05) is 37.5 Å². The molecule has 7 rings (SSSR count). The Balaban J connectivity index is 1.24. The molecule has 4 aromatic rings. The maximum atomic E-state index is 14.9. The van der Waals surface area contributed by atoms with Crippen LogP contribution in [0.15, 0.2) is 36.4 Å². The normalized spacial score (nSPS) is 20.8. The second-order valence-corrected chi connectivity index (χ2v) is 17.7. The summed E-state index contributed by atoms with van der Waals surface area (Å²) in [7, 11) is 1.74. The summed E-state index contributed by atoms with van der Waals surface area (Å²) >= 11 is 0. The van der Waals surface area contributed by atoms with Gasteiger partial charge in [0.2, 0.25) is 17.7 Å². The van der Waals surface area contributed by atoms with E-state index in [1.165, 1.54) is 24.3 Å². The van der Waals surface area contributed by atoms with Gasteiger partial charge < -0.3 is 30.0 Å². The van der Waals surface area contributed by atoms with Gasteiger partial charge in [-0.3, -0.25) is 19.2 Å². The van der Waals surface area contributed by atoms with Crippen LogP contribution < -0.4 is 10.6 Å². The average molecular weight is 828 g/mol. The Morgan fingerprint density at radius 3 is 2.23 bits per heavy atom. The lowest BCUT2D eigenvalue weighted by Crippen LogP contribution is -2.55. The van der Waals surface area contributed by atoms with Crippen LogP contribution in [0.4, 0.5) is 8.78 Å². The summed E-state index contributed by atoms with van der Waals surface area (Å²) in [6.07, 6.45) is 10.0. The first kappa shape index (κ1) is 43.4. The molecule has 3 N–H and O–H groups in total. The van der Waals surface area contributed by atoms with Gasteiger partial charge in [0.1, 0.15) is 23.5 Å². The number of aromatic nitrogens is 3. The molecule has 3 aliphatic rings. The van der Waals surface area contributed by atoms with E-state index in [2.05, 4.69) is 20.2 Å². The summed E-state index contributed by atoms with van der Waals surface area (Å²) in [4.78, 5) is 67.5. The fourth-order valence-electron chi connectivity index (χ4n) is 9.94. The summed E-state index contributed by atoms with van der Waals surface area (Å²) in [5, 5.41) is 7.00. The minimum absolute atomic E-state index is 0.00704. The van der Waals surface area contributed by atoms with Crippen molar-refractivity contribution in [3.63, 3.8) is 0 Å². The third kappa shape index (κ3) is 9.02. The first-order valence-electron chi connectivity index (χ1n) is 22.5. The number of carbonyl (C=O) groups excluding carboxylic acids is 4. The van der Waals surface area contributed by atoms with Gasteiger partial charge in [-0.25, -0.2) is 13.8 Å². The van der Waals surface area contributed by atoms with Crippen molar-refractivity contribution in [3.8, 4) is 11.5 Å². The Bertz CT molecular complexity index is 2190. The van der Waals surface area contributed by atoms with E-state index in [4.69, 9.17) is 4.98 Å². The second kappa shape index (κ2) is 19.0. The van der Waals surface area contributed by atoms with E-state index in [0.717, 1.165) is 68.7 Å². The van der Waals surface area contributed by atoms with Gasteiger partial charge in [-0.05, 0) is 114 Å². The fourth-order valence-corrected chi connectivity index (χ4v) is 9.94. The molecule has 13 heteroatoms. The van der Waals surface area contributed by atoms with Crippen LogP contribution in [0, 0.1) is 29.4 Å². The minimum Gasteiger partial charge on any atom is -0.352 e. The zero-order valence-electron chi connectivity index (χ0n) is 36.0. The van der Waals surface area contributed by atoms with Gasteiger partial charge in [-0.2, -0.15) is 0 Å². The number of likely N-dealkylation sites (N-methyl/N-ethyl adjacent to an activating group) is 1. The Labute approximate surface area is 352 Å². The van der Waals surface area contributed by atoms with Crippen molar-refractivity contribution in [1.29, 1.82) is 0 Å². The quantitative estimate of drug-likeness (QED) is 0.106. The van der Waals surface area contributed by atoms with E-state index in [0.29, 0.717) is 67.0 Å². The Kier molecular flexibility index (Phi) is 13.7. The molecule has 60 heavy (non-hydrogen) atoms. The van der Waals surface area contributed by atoms with Crippen molar-refractivity contribution in [2.45, 2.75) is 142 Å². The van der Waals surface area contributed by atoms with Crippen LogP contribution in [0.5, 0.6) is 0 Å². The van der Waals surface area contributed by atoms with Gasteiger partial charge in [-0.15, -0.1) is 0 Å². The number of likely N-dealkylation sites (tertiary alicyclic amines) is 2. The van der Waals surface area contributed by atoms with Crippen molar-refractivity contribution < 1.29 is 28.0 Å². The maximum Gasteiger partial charge on any atom is 0.245 e. The number of benzene rings is 2. The van der Waals surface area contributed by atoms with Gasteiger partial charge in [0.15, 0.2) is 5.82 Å². The molecule has 3 amide bonds. The molecule has 0 bridgehead atoms. The Morgan fingerprint density at radius 2 is 1.53 bits per heavy atom. The number of Topliss-reactive ketones (excluding diaryl/α,β-unsaturated/α-hetero) is 1. The Hall–Kier alpha value is -4.65. The molecule has 1 saturated carbocycles. The number of H-pyrrole nitrogens is 1. The third-order valence-electron chi connectivity index (χ3n) is 13.9. The van der Waals surface area contributed by atoms with Crippen molar-refractivity contribution >= 4 is 45.4 Å². The van der Waals surface area contributed by atoms with Gasteiger partial charge in [0.25, 0.3) is 0 Å². The second-order valence-electron chi connectivity index (χ2n) is 17.7. The van der Waals surface area contributed by atoms with Crippen LogP contribution in [0.1, 0.15) is 110 Å². The predicted molar refractivity (Wildman–Crippen MR) is 230 cm³/mol. The van der Waals surface area contributed by atoms with E-state index in [-0.39, 0.29) is 59.9 Å². The molecule has 2 aliphatic heterocycles. The van der Waals surface area contributed by atoms with Crippen molar-refractivity contribution in [2.75, 3.05) is 20.1 Å². The highest BCUT2D eigenvalue weighted by atomic mass is 19.1. The molecule has 0 unspecified atom stereocenters. The van der Waals surface area contributed by atoms with Crippen LogP contribution >= 0.6 is 0 Å². The zero-order valence-corrected chi connectivity index (χ0v) is 36.0. The van der Waals surface area contributed by atoms with Gasteiger partial charge in [0.05, 0.1) is 22.8 Å². The number of ketones is 1. The number of halogens is 2. The molecule has 2 aromatic carbocycles. The number of hydrogen-bond donors (Lipinski definition) is 3. The SMILES string of the molecule is CC[C@H](CC(=O)[C@H](C)NC)C(=O)N1CCC[C@H]1Cc1c(-c2nc3cc(F)ccc3n2C[C@@H]2CCCN2C(=O)[C@@H](NC(=O)[C@H](C)CC)C2CCCCC2)[nH]c2cc(F)ccc12. The summed E-state index contributed by atoms with van der Waals surface area (Å²) in [5.74, 6) is -0.965. The molecule has 1 aliphatic carbocycles. The number of imidazole rings is 1. The lowest BCUT2D eigenvalue weighted by atomic mass is 9.83. The van der Waals surface area contributed by atoms with Crippen LogP contribution in [-0.2, 0) is 32.1 Å². The number of amides is 3. The predicted octanol–water partition coefficient (Wildman–Crippen LogP) is 7.69. The van der Waals surface area contributed by atoms with Crippen LogP contribution in [0.3, 0.4) is 0 Å². The molecule has 11 nitrogen and oxygen atoms in total. The minimum atomic E-state index is -0.593. The number of fused-ring (bicyclic) bond motifs is 2. The molecule has 324 valence electrons. The largest absolute Gasteiger partial charge is 0.352 e. The number of carbonyl (C=O) groups is 4. The van der Waals surface area contributed by atoms with Gasteiger partial charge in [-0.1, -0.05) is 40.0 Å². The lowest BCUT2D eigenvalue weighted by Gasteiger charge is -2.35. The molecule has 0 spiro atoms. The highest BCUT2D eigenvalue weighted by Crippen LogP contribution is 2.38. The van der Waals surface area contributed by atoms with E-state index in [9.17, 15) is 28.0 Å². The van der Waals surface area contributed by atoms with Crippen molar-refractivity contribution in [2.24, 2.45) is 17.8 Å². The van der Waals surface area contributed by atoms with E-state index >= 15 is 0 Å². The Morgan fingerprint density at radius 1 is 0.850 bits per heavy atom. The maximum absolute atomic E-state index is 14.9. The lowest BCUT2D eigenvalue weighted by molar-refractivity contribution is -0.140. The van der Waals surface area contributed by atoms with Gasteiger partial charge in [0, 0.05) is 66.9 Å². The molecule has 2 aromatic heterocycles. The number of hydrogen-bond acceptors (Lipinski definition) is 6. The van der Waals surface area contributed by atoms with E-state index in [1.54, 1.807) is 19.2 Å². The molecule has 2 saturated heterocycles. The average Bonchev–Trinajstić information content (AvgIpc) is 4.07. The summed E-state index contributed by atoms with van der Waals surface area (Å²) in [5.41, 5.74) is 3.29. The summed E-state index contributed by atoms with van der Waals surface area (Å²) < 4.78 is 31.8. The monoisotopic (exact) mass is 827 g/mol. The van der Waals surface area contributed by atoms with E-state index < -0.39 is 23.6 Å². The highest BCUT2D eigenvalue weighted by Gasteiger charge is 2.40. The van der Waals surface area contributed by atoms with Crippen LogP contribution in [-0.4, -0.2) is 92.1 Å². The topological polar surface area (TPSA) is 132 Å². The van der Waals surface area contributed by atoms with Crippen LogP contribution in [0.25, 0.3) is 33.5 Å². The first-order chi connectivity index (χ1) is 28.9. The number of aromatic amines is 1. The summed E-state index contributed by atoms with van der Waals surface area (Å²) in [6.45, 7) is 9.18. The standard InChI is InChI=1S/C47H63F2N7O4/c1-6-28(3)45(58)53-42(31-13-9-8-10-14-31)47(60)55-22-12-16-35(55)27-56-40-20-18-33(49)25-39(40)52-44(56)43-37(36-19-17-32(48)24-38(36)51-43)26-34-15-11-21-54(34)46(59)30(7-2)23-41(57)29(4)50-5/h17-20,24-25,28-31,34-35,42,50-51H,6-16,21-23,26-27H2,1-5H3,(H,53,58)/t28-,29+,30-,34+,35+,42+/m1/s1. The smallest absolute Gasteiger partial charge is 0.245 e. The number of nitrogens with zero attached hydrogens (tertiary/aromatic N) is 4. The molecular weight excluding hydrogens is 765 g/mol. The molecule has 3 fully saturated rings.